The first-order valence-corrected chi connectivity index (χ1v) is 4.98. The normalized spacial score (nSPS) is 10.1. The van der Waals surface area contributed by atoms with E-state index in [1.807, 2.05) is 6.26 Å². The van der Waals surface area contributed by atoms with Crippen LogP contribution < -0.4 is 5.73 Å². The first-order valence-electron chi connectivity index (χ1n) is 3.76. The number of hydrogen-bond donors (Lipinski definition) is 1. The van der Waals surface area contributed by atoms with Crippen molar-refractivity contribution in [3.05, 3.63) is 29.6 Å². The van der Waals surface area contributed by atoms with Gasteiger partial charge in [-0.2, -0.15) is 0 Å². The fourth-order valence-electron chi connectivity index (χ4n) is 1.01. The molecular formula is C9H10FNOS. The van der Waals surface area contributed by atoms with E-state index in [0.29, 0.717) is 5.56 Å². The van der Waals surface area contributed by atoms with Crippen LogP contribution in [0.2, 0.25) is 0 Å². The Balaban J connectivity index is 3.15. The predicted octanol–water partition coefficient (Wildman–Crippen LogP) is 1.69. The highest BCUT2D eigenvalue weighted by atomic mass is 32.2. The van der Waals surface area contributed by atoms with Crippen LogP contribution in [-0.4, -0.2) is 18.6 Å². The lowest BCUT2D eigenvalue weighted by Gasteiger charge is -2.04. The molecule has 1 aromatic carbocycles. The molecule has 1 aromatic rings. The van der Waals surface area contributed by atoms with Crippen LogP contribution in [0.25, 0.3) is 0 Å². The third-order valence-electron chi connectivity index (χ3n) is 1.65. The predicted molar refractivity (Wildman–Crippen MR) is 51.6 cm³/mol. The van der Waals surface area contributed by atoms with Crippen molar-refractivity contribution in [3.63, 3.8) is 0 Å². The van der Waals surface area contributed by atoms with Crippen LogP contribution in [0.5, 0.6) is 0 Å². The van der Waals surface area contributed by atoms with Crippen molar-refractivity contribution in [1.29, 1.82) is 0 Å². The highest BCUT2D eigenvalue weighted by molar-refractivity contribution is 7.98. The van der Waals surface area contributed by atoms with Crippen molar-refractivity contribution >= 4 is 17.5 Å². The zero-order valence-electron chi connectivity index (χ0n) is 7.21. The molecular weight excluding hydrogens is 189 g/mol. The molecule has 0 saturated heterocycles. The Morgan fingerprint density at radius 3 is 2.85 bits per heavy atom. The van der Waals surface area contributed by atoms with Crippen molar-refractivity contribution in [2.75, 3.05) is 12.8 Å². The van der Waals surface area contributed by atoms with Crippen LogP contribution in [0.1, 0.15) is 10.4 Å². The zero-order valence-corrected chi connectivity index (χ0v) is 8.03. The first kappa shape index (κ1) is 10.2. The van der Waals surface area contributed by atoms with E-state index >= 15 is 0 Å². The third-order valence-corrected chi connectivity index (χ3v) is 2.44. The zero-order chi connectivity index (χ0) is 9.84. The smallest absolute Gasteiger partial charge is 0.177 e. The summed E-state index contributed by atoms with van der Waals surface area (Å²) in [6.45, 7) is -0.0863. The Morgan fingerprint density at radius 1 is 1.62 bits per heavy atom. The minimum Gasteiger partial charge on any atom is -0.324 e. The molecule has 2 N–H and O–H groups in total. The quantitative estimate of drug-likeness (QED) is 0.595. The van der Waals surface area contributed by atoms with Gasteiger partial charge in [-0.05, 0) is 24.5 Å². The van der Waals surface area contributed by atoms with Gasteiger partial charge in [-0.15, -0.1) is 11.8 Å². The fourth-order valence-corrected chi connectivity index (χ4v) is 1.60. The maximum atomic E-state index is 12.8. The summed E-state index contributed by atoms with van der Waals surface area (Å²) in [4.78, 5) is 12.0. The second-order valence-corrected chi connectivity index (χ2v) is 3.32. The Bertz CT molecular complexity index is 327. The molecule has 0 radical (unpaired) electrons. The monoisotopic (exact) mass is 199 g/mol. The summed E-state index contributed by atoms with van der Waals surface area (Å²) < 4.78 is 12.8. The van der Waals surface area contributed by atoms with Gasteiger partial charge in [0.1, 0.15) is 5.82 Å². The molecule has 0 spiro atoms. The lowest BCUT2D eigenvalue weighted by molar-refractivity contribution is 0.0998. The van der Waals surface area contributed by atoms with Gasteiger partial charge in [0.05, 0.1) is 6.54 Å². The van der Waals surface area contributed by atoms with Gasteiger partial charge < -0.3 is 5.73 Å². The van der Waals surface area contributed by atoms with Crippen LogP contribution in [0.15, 0.2) is 23.1 Å². The molecule has 13 heavy (non-hydrogen) atoms. The number of thioether (sulfide) groups is 1. The van der Waals surface area contributed by atoms with Gasteiger partial charge in [-0.1, -0.05) is 0 Å². The molecule has 0 aliphatic carbocycles. The highest BCUT2D eigenvalue weighted by Gasteiger charge is 2.09. The summed E-state index contributed by atoms with van der Waals surface area (Å²) >= 11 is 1.40. The van der Waals surface area contributed by atoms with E-state index in [-0.39, 0.29) is 12.3 Å². The molecule has 0 saturated carbocycles. The molecule has 0 bridgehead atoms. The number of nitrogens with two attached hydrogens (primary N) is 1. The number of rotatable bonds is 3. The minimum absolute atomic E-state index is 0.0863. The van der Waals surface area contributed by atoms with Gasteiger partial charge in [0.2, 0.25) is 0 Å². The number of ketones is 1. The van der Waals surface area contributed by atoms with Crippen LogP contribution in [0.3, 0.4) is 0 Å². The van der Waals surface area contributed by atoms with Gasteiger partial charge in [0, 0.05) is 10.5 Å². The third kappa shape index (κ3) is 2.29. The molecule has 0 aliphatic heterocycles. The van der Waals surface area contributed by atoms with E-state index in [2.05, 4.69) is 0 Å². The van der Waals surface area contributed by atoms with Gasteiger partial charge in [-0.3, -0.25) is 4.79 Å². The van der Waals surface area contributed by atoms with Gasteiger partial charge >= 0.3 is 0 Å². The number of carbonyl (C=O) groups is 1. The van der Waals surface area contributed by atoms with Crippen molar-refractivity contribution in [1.82, 2.24) is 0 Å². The van der Waals surface area contributed by atoms with Crippen molar-refractivity contribution in [2.24, 2.45) is 5.73 Å². The Morgan fingerprint density at radius 2 is 2.31 bits per heavy atom. The summed E-state index contributed by atoms with van der Waals surface area (Å²) in [7, 11) is 0. The molecule has 0 aliphatic rings. The minimum atomic E-state index is -0.408. The van der Waals surface area contributed by atoms with Crippen molar-refractivity contribution in [2.45, 2.75) is 4.90 Å². The average Bonchev–Trinajstić information content (AvgIpc) is 2.16. The molecule has 0 heterocycles. The SMILES string of the molecule is CSc1ccc(F)cc1C(=O)CN. The summed E-state index contributed by atoms with van der Waals surface area (Å²) in [5, 5.41) is 0. The highest BCUT2D eigenvalue weighted by Crippen LogP contribution is 2.21. The number of halogens is 1. The summed E-state index contributed by atoms with van der Waals surface area (Å²) in [6, 6.07) is 4.14. The van der Waals surface area contributed by atoms with Crippen LogP contribution in [0.4, 0.5) is 4.39 Å². The molecule has 2 nitrogen and oxygen atoms in total. The van der Waals surface area contributed by atoms with Crippen LogP contribution >= 0.6 is 11.8 Å². The van der Waals surface area contributed by atoms with Crippen molar-refractivity contribution < 1.29 is 9.18 Å². The summed E-state index contributed by atoms with van der Waals surface area (Å²) in [5.74, 6) is -0.640. The Kier molecular flexibility index (Phi) is 3.45. The van der Waals surface area contributed by atoms with E-state index in [1.165, 1.54) is 23.9 Å². The lowest BCUT2D eigenvalue weighted by atomic mass is 10.1. The second kappa shape index (κ2) is 4.39. The number of carbonyl (C=O) groups excluding carboxylic acids is 1. The number of Topliss-reactive ketones (excluding diaryl/α,β-unsaturated/α-hetero) is 1. The van der Waals surface area contributed by atoms with Crippen molar-refractivity contribution in [3.8, 4) is 0 Å². The summed E-state index contributed by atoms with van der Waals surface area (Å²) in [6.07, 6.45) is 1.83. The number of benzene rings is 1. The number of hydrogen-bond acceptors (Lipinski definition) is 3. The molecule has 0 unspecified atom stereocenters. The lowest BCUT2D eigenvalue weighted by Crippen LogP contribution is -2.14. The molecule has 0 amide bonds. The van der Waals surface area contributed by atoms with Gasteiger partial charge in [-0.25, -0.2) is 4.39 Å². The maximum absolute atomic E-state index is 12.8. The first-order chi connectivity index (χ1) is 6.19. The summed E-state index contributed by atoms with van der Waals surface area (Å²) in [5.41, 5.74) is 5.57. The van der Waals surface area contributed by atoms with E-state index in [1.54, 1.807) is 6.07 Å². The fraction of sp³-hybridized carbons (Fsp3) is 0.222. The second-order valence-electron chi connectivity index (χ2n) is 2.47. The van der Waals surface area contributed by atoms with Crippen LogP contribution in [-0.2, 0) is 0 Å². The Hall–Kier alpha value is -0.870. The maximum Gasteiger partial charge on any atom is 0.177 e. The molecule has 0 aromatic heterocycles. The standard InChI is InChI=1S/C9H10FNOS/c1-13-9-3-2-6(10)4-7(9)8(12)5-11/h2-4H,5,11H2,1H3. The van der Waals surface area contributed by atoms with Gasteiger partial charge in [0.25, 0.3) is 0 Å². The molecule has 70 valence electrons. The molecule has 0 fully saturated rings. The topological polar surface area (TPSA) is 43.1 Å². The van der Waals surface area contributed by atoms with E-state index in [9.17, 15) is 9.18 Å². The van der Waals surface area contributed by atoms with Crippen LogP contribution in [0, 0.1) is 5.82 Å². The molecule has 4 heteroatoms. The largest absolute Gasteiger partial charge is 0.324 e. The molecule has 1 rings (SSSR count). The van der Waals surface area contributed by atoms with Gasteiger partial charge in [0.15, 0.2) is 5.78 Å². The molecule has 0 atom stereocenters. The van der Waals surface area contributed by atoms with E-state index in [4.69, 9.17) is 5.73 Å². The van der Waals surface area contributed by atoms with E-state index < -0.39 is 5.82 Å². The Labute approximate surface area is 80.3 Å². The average molecular weight is 199 g/mol. The van der Waals surface area contributed by atoms with E-state index in [0.717, 1.165) is 4.90 Å².